The maximum Gasteiger partial charge on any atom is 0.0720 e. The number of hydrogen-bond donors (Lipinski definition) is 1. The third kappa shape index (κ3) is 3.57. The van der Waals surface area contributed by atoms with Crippen molar-refractivity contribution in [3.05, 3.63) is 35.4 Å². The zero-order chi connectivity index (χ0) is 12.8. The van der Waals surface area contributed by atoms with Gasteiger partial charge in [-0.05, 0) is 43.2 Å². The van der Waals surface area contributed by atoms with E-state index in [-0.39, 0.29) is 0 Å². The van der Waals surface area contributed by atoms with E-state index >= 15 is 0 Å². The standard InChI is InChI=1S/C15H21NO2/c1-2-12-3-5-13(6-4-12)11-18-15-9-7-14(16-17)8-10-15/h3-6,15,17H,2,7-11H2,1H3. The highest BCUT2D eigenvalue weighted by molar-refractivity contribution is 5.84. The van der Waals surface area contributed by atoms with Crippen molar-refractivity contribution in [1.82, 2.24) is 0 Å². The molecule has 2 rings (SSSR count). The first-order valence-electron chi connectivity index (χ1n) is 6.71. The SMILES string of the molecule is CCc1ccc(COC2CCC(=NO)CC2)cc1. The van der Waals surface area contributed by atoms with Crippen LogP contribution in [0, 0.1) is 0 Å². The summed E-state index contributed by atoms with van der Waals surface area (Å²) < 4.78 is 5.90. The van der Waals surface area contributed by atoms with Crippen LogP contribution in [0.3, 0.4) is 0 Å². The minimum absolute atomic E-state index is 0.307. The number of oxime groups is 1. The van der Waals surface area contributed by atoms with Crippen molar-refractivity contribution in [1.29, 1.82) is 0 Å². The maximum absolute atomic E-state index is 8.68. The van der Waals surface area contributed by atoms with Gasteiger partial charge in [-0.3, -0.25) is 0 Å². The molecule has 1 saturated carbocycles. The minimum Gasteiger partial charge on any atom is -0.411 e. The Kier molecular flexibility index (Phi) is 4.76. The lowest BCUT2D eigenvalue weighted by molar-refractivity contribution is 0.0277. The molecular weight excluding hydrogens is 226 g/mol. The Hall–Kier alpha value is -1.35. The third-order valence-electron chi connectivity index (χ3n) is 3.57. The molecule has 0 aromatic heterocycles. The van der Waals surface area contributed by atoms with E-state index in [1.807, 2.05) is 0 Å². The van der Waals surface area contributed by atoms with E-state index in [1.54, 1.807) is 0 Å². The number of ether oxygens (including phenoxy) is 1. The molecule has 1 aromatic rings. The molecule has 98 valence electrons. The molecule has 1 aromatic carbocycles. The number of nitrogens with zero attached hydrogens (tertiary/aromatic N) is 1. The zero-order valence-electron chi connectivity index (χ0n) is 10.9. The van der Waals surface area contributed by atoms with Crippen molar-refractivity contribution in [3.8, 4) is 0 Å². The van der Waals surface area contributed by atoms with Gasteiger partial charge in [0.15, 0.2) is 0 Å². The van der Waals surface area contributed by atoms with Gasteiger partial charge in [0.25, 0.3) is 0 Å². The molecule has 1 fully saturated rings. The summed E-state index contributed by atoms with van der Waals surface area (Å²) in [6, 6.07) is 8.61. The van der Waals surface area contributed by atoms with Gasteiger partial charge in [-0.25, -0.2) is 0 Å². The molecule has 18 heavy (non-hydrogen) atoms. The van der Waals surface area contributed by atoms with Gasteiger partial charge in [0.1, 0.15) is 0 Å². The van der Waals surface area contributed by atoms with Crippen LogP contribution in [0.1, 0.15) is 43.7 Å². The fraction of sp³-hybridized carbons (Fsp3) is 0.533. The summed E-state index contributed by atoms with van der Waals surface area (Å²) in [6.45, 7) is 2.84. The topological polar surface area (TPSA) is 41.8 Å². The minimum atomic E-state index is 0.307. The molecule has 0 saturated heterocycles. The first-order valence-corrected chi connectivity index (χ1v) is 6.71. The lowest BCUT2D eigenvalue weighted by Crippen LogP contribution is -2.21. The Labute approximate surface area is 108 Å². The molecule has 0 atom stereocenters. The molecule has 3 nitrogen and oxygen atoms in total. The van der Waals surface area contributed by atoms with Crippen molar-refractivity contribution in [2.75, 3.05) is 0 Å². The van der Waals surface area contributed by atoms with Gasteiger partial charge >= 0.3 is 0 Å². The molecule has 1 aliphatic rings. The summed E-state index contributed by atoms with van der Waals surface area (Å²) >= 11 is 0. The van der Waals surface area contributed by atoms with Crippen LogP contribution in [0.25, 0.3) is 0 Å². The van der Waals surface area contributed by atoms with Gasteiger partial charge in [0, 0.05) is 0 Å². The van der Waals surface area contributed by atoms with Gasteiger partial charge in [-0.2, -0.15) is 0 Å². The van der Waals surface area contributed by atoms with Crippen molar-refractivity contribution in [2.45, 2.75) is 51.7 Å². The number of benzene rings is 1. The number of rotatable bonds is 4. The van der Waals surface area contributed by atoms with Crippen LogP contribution in [0.4, 0.5) is 0 Å². The summed E-state index contributed by atoms with van der Waals surface area (Å²) in [7, 11) is 0. The summed E-state index contributed by atoms with van der Waals surface area (Å²) in [6.07, 6.45) is 5.03. The second-order valence-corrected chi connectivity index (χ2v) is 4.85. The quantitative estimate of drug-likeness (QED) is 0.653. The Morgan fingerprint density at radius 2 is 1.78 bits per heavy atom. The molecular formula is C15H21NO2. The first-order chi connectivity index (χ1) is 8.81. The van der Waals surface area contributed by atoms with Crippen molar-refractivity contribution >= 4 is 5.71 Å². The van der Waals surface area contributed by atoms with Crippen LogP contribution >= 0.6 is 0 Å². The highest BCUT2D eigenvalue weighted by atomic mass is 16.5. The molecule has 0 spiro atoms. The van der Waals surface area contributed by atoms with Crippen LogP contribution in [-0.2, 0) is 17.8 Å². The fourth-order valence-corrected chi connectivity index (χ4v) is 2.28. The van der Waals surface area contributed by atoms with Crippen LogP contribution in [0.2, 0.25) is 0 Å². The highest BCUT2D eigenvalue weighted by Crippen LogP contribution is 2.20. The van der Waals surface area contributed by atoms with Gasteiger partial charge in [-0.15, -0.1) is 0 Å². The predicted molar refractivity (Wildman–Crippen MR) is 72.1 cm³/mol. The molecule has 0 heterocycles. The largest absolute Gasteiger partial charge is 0.411 e. The highest BCUT2D eigenvalue weighted by Gasteiger charge is 2.18. The van der Waals surface area contributed by atoms with E-state index < -0.39 is 0 Å². The Morgan fingerprint density at radius 1 is 1.17 bits per heavy atom. The zero-order valence-corrected chi connectivity index (χ0v) is 10.9. The molecule has 0 amide bonds. The van der Waals surface area contributed by atoms with Gasteiger partial charge in [-0.1, -0.05) is 36.3 Å². The Balaban J connectivity index is 1.77. The smallest absolute Gasteiger partial charge is 0.0720 e. The maximum atomic E-state index is 8.68. The lowest BCUT2D eigenvalue weighted by Gasteiger charge is -2.22. The van der Waals surface area contributed by atoms with E-state index in [2.05, 4.69) is 36.3 Å². The van der Waals surface area contributed by atoms with Crippen molar-refractivity contribution in [2.24, 2.45) is 5.16 Å². The summed E-state index contributed by atoms with van der Waals surface area (Å²) in [4.78, 5) is 0. The Morgan fingerprint density at radius 3 is 2.33 bits per heavy atom. The molecule has 0 radical (unpaired) electrons. The van der Waals surface area contributed by atoms with Crippen LogP contribution in [0.5, 0.6) is 0 Å². The monoisotopic (exact) mass is 247 g/mol. The number of hydrogen-bond acceptors (Lipinski definition) is 3. The third-order valence-corrected chi connectivity index (χ3v) is 3.57. The molecule has 3 heteroatoms. The van der Waals surface area contributed by atoms with E-state index in [4.69, 9.17) is 9.94 Å². The molecule has 1 aliphatic carbocycles. The van der Waals surface area contributed by atoms with Crippen LogP contribution in [0.15, 0.2) is 29.4 Å². The molecule has 1 N–H and O–H groups in total. The van der Waals surface area contributed by atoms with E-state index in [0.717, 1.165) is 37.8 Å². The lowest BCUT2D eigenvalue weighted by atomic mass is 9.96. The first kappa shape index (κ1) is 13.1. The molecule has 0 bridgehead atoms. The van der Waals surface area contributed by atoms with Crippen LogP contribution < -0.4 is 0 Å². The van der Waals surface area contributed by atoms with E-state index in [1.165, 1.54) is 11.1 Å². The van der Waals surface area contributed by atoms with E-state index in [0.29, 0.717) is 12.7 Å². The molecule has 0 unspecified atom stereocenters. The van der Waals surface area contributed by atoms with Crippen LogP contribution in [-0.4, -0.2) is 17.0 Å². The second-order valence-electron chi connectivity index (χ2n) is 4.85. The van der Waals surface area contributed by atoms with Crippen molar-refractivity contribution < 1.29 is 9.94 Å². The van der Waals surface area contributed by atoms with Crippen molar-refractivity contribution in [3.63, 3.8) is 0 Å². The molecule has 0 aliphatic heterocycles. The number of aryl methyl sites for hydroxylation is 1. The normalized spacial score (nSPS) is 19.8. The summed E-state index contributed by atoms with van der Waals surface area (Å²) in [5.41, 5.74) is 3.50. The predicted octanol–water partition coefficient (Wildman–Crippen LogP) is 3.54. The van der Waals surface area contributed by atoms with Gasteiger partial charge < -0.3 is 9.94 Å². The van der Waals surface area contributed by atoms with Gasteiger partial charge in [0.2, 0.25) is 0 Å². The second kappa shape index (κ2) is 6.55. The average Bonchev–Trinajstić information content (AvgIpc) is 2.46. The fourth-order valence-electron chi connectivity index (χ4n) is 2.28. The average molecular weight is 247 g/mol. The van der Waals surface area contributed by atoms with Gasteiger partial charge in [0.05, 0.1) is 18.4 Å². The summed E-state index contributed by atoms with van der Waals surface area (Å²) in [5.74, 6) is 0. The van der Waals surface area contributed by atoms with E-state index in [9.17, 15) is 0 Å². The Bertz CT molecular complexity index is 387. The summed E-state index contributed by atoms with van der Waals surface area (Å²) in [5, 5.41) is 12.0.